The lowest BCUT2D eigenvalue weighted by Gasteiger charge is -2.22. The number of hydrogen-bond acceptors (Lipinski definition) is 4. The Kier molecular flexibility index (Phi) is 3.31. The minimum Gasteiger partial charge on any atom is -0.229 e. The quantitative estimate of drug-likeness (QED) is 0.735. The predicted octanol–water partition coefficient (Wildman–Crippen LogP) is -0.165. The van der Waals surface area contributed by atoms with Gasteiger partial charge in [0.2, 0.25) is 10.0 Å². The first kappa shape index (κ1) is 12.4. The van der Waals surface area contributed by atoms with Crippen LogP contribution in [0.1, 0.15) is 13.3 Å². The van der Waals surface area contributed by atoms with Gasteiger partial charge in [0, 0.05) is 5.54 Å². The van der Waals surface area contributed by atoms with Gasteiger partial charge in [-0.3, -0.25) is 0 Å². The summed E-state index contributed by atoms with van der Waals surface area (Å²) in [5, 5.41) is 0. The Morgan fingerprint density at radius 1 is 1.50 bits per heavy atom. The zero-order valence-corrected chi connectivity index (χ0v) is 10.9. The van der Waals surface area contributed by atoms with Gasteiger partial charge in [0.15, 0.2) is 9.84 Å². The Labute approximate surface area is 92.4 Å². The van der Waals surface area contributed by atoms with E-state index in [1.807, 2.05) is 0 Å². The van der Waals surface area contributed by atoms with E-state index in [0.29, 0.717) is 6.42 Å². The molecular formula is C6H12BrNO4S2. The summed E-state index contributed by atoms with van der Waals surface area (Å²) in [6.45, 7) is 1.61. The lowest BCUT2D eigenvalue weighted by atomic mass is 10.0. The highest BCUT2D eigenvalue weighted by Crippen LogP contribution is 2.23. The average Bonchev–Trinajstić information content (AvgIpc) is 2.24. The van der Waals surface area contributed by atoms with Crippen molar-refractivity contribution in [2.24, 2.45) is 0 Å². The second kappa shape index (κ2) is 3.73. The first-order chi connectivity index (χ1) is 6.18. The summed E-state index contributed by atoms with van der Waals surface area (Å²) in [7, 11) is -6.49. The Balaban J connectivity index is 2.81. The van der Waals surface area contributed by atoms with Crippen molar-refractivity contribution in [3.63, 3.8) is 0 Å². The Hall–Kier alpha value is 0.340. The molecule has 14 heavy (non-hydrogen) atoms. The molecule has 1 aliphatic rings. The zero-order valence-electron chi connectivity index (χ0n) is 7.66. The molecule has 0 aromatic carbocycles. The summed E-state index contributed by atoms with van der Waals surface area (Å²) in [5.74, 6) is -0.0689. The van der Waals surface area contributed by atoms with E-state index in [2.05, 4.69) is 20.7 Å². The lowest BCUT2D eigenvalue weighted by Crippen LogP contribution is -2.47. The molecule has 1 N–H and O–H groups in total. The van der Waals surface area contributed by atoms with Gasteiger partial charge < -0.3 is 0 Å². The molecule has 1 unspecified atom stereocenters. The molecule has 0 amide bonds. The second-order valence-corrected chi connectivity index (χ2v) is 8.94. The number of halogens is 1. The Morgan fingerprint density at radius 3 is 2.43 bits per heavy atom. The first-order valence-corrected chi connectivity index (χ1v) is 8.56. The summed E-state index contributed by atoms with van der Waals surface area (Å²) in [5.41, 5.74) is -0.842. The number of sulfone groups is 1. The predicted molar refractivity (Wildman–Crippen MR) is 57.5 cm³/mol. The highest BCUT2D eigenvalue weighted by atomic mass is 79.9. The van der Waals surface area contributed by atoms with Gasteiger partial charge in [-0.2, -0.15) is 0 Å². The van der Waals surface area contributed by atoms with Crippen LogP contribution in [0.5, 0.6) is 0 Å². The lowest BCUT2D eigenvalue weighted by molar-refractivity contribution is 0.464. The topological polar surface area (TPSA) is 80.3 Å². The summed E-state index contributed by atoms with van der Waals surface area (Å²) in [6.07, 6.45) is 0.335. The van der Waals surface area contributed by atoms with Crippen LogP contribution in [0.25, 0.3) is 0 Å². The average molecular weight is 306 g/mol. The smallest absolute Gasteiger partial charge is 0.222 e. The van der Waals surface area contributed by atoms with Crippen LogP contribution in [-0.4, -0.2) is 38.5 Å². The molecule has 5 nitrogen and oxygen atoms in total. The van der Waals surface area contributed by atoms with Crippen molar-refractivity contribution >= 4 is 35.8 Å². The first-order valence-electron chi connectivity index (χ1n) is 3.96. The van der Waals surface area contributed by atoms with Crippen LogP contribution in [-0.2, 0) is 19.9 Å². The van der Waals surface area contributed by atoms with E-state index in [-0.39, 0.29) is 16.2 Å². The molecule has 1 saturated heterocycles. The van der Waals surface area contributed by atoms with Crippen LogP contribution in [0.3, 0.4) is 0 Å². The third-order valence-corrected chi connectivity index (χ3v) is 6.85. The van der Waals surface area contributed by atoms with Crippen LogP contribution in [0.4, 0.5) is 0 Å². The molecule has 0 aliphatic carbocycles. The zero-order chi connectivity index (χ0) is 11.0. The minimum atomic E-state index is -3.41. The number of alkyl halides is 1. The van der Waals surface area contributed by atoms with E-state index < -0.39 is 25.4 Å². The fourth-order valence-electron chi connectivity index (χ4n) is 1.49. The van der Waals surface area contributed by atoms with Crippen molar-refractivity contribution in [2.75, 3.05) is 16.2 Å². The molecule has 1 rings (SSSR count). The van der Waals surface area contributed by atoms with Gasteiger partial charge in [-0.15, -0.1) is 0 Å². The monoisotopic (exact) mass is 305 g/mol. The van der Waals surface area contributed by atoms with Gasteiger partial charge in [0.05, 0.1) is 11.5 Å². The van der Waals surface area contributed by atoms with Gasteiger partial charge in [-0.25, -0.2) is 21.6 Å². The number of nitrogens with one attached hydrogen (secondary N) is 1. The third-order valence-electron chi connectivity index (χ3n) is 2.05. The summed E-state index contributed by atoms with van der Waals surface area (Å²) >= 11 is 2.83. The van der Waals surface area contributed by atoms with Crippen molar-refractivity contribution in [2.45, 2.75) is 18.9 Å². The molecular weight excluding hydrogens is 294 g/mol. The minimum absolute atomic E-state index is 0.0499. The second-order valence-electron chi connectivity index (χ2n) is 3.73. The maximum absolute atomic E-state index is 11.2. The number of rotatable bonds is 3. The van der Waals surface area contributed by atoms with E-state index in [4.69, 9.17) is 0 Å². The van der Waals surface area contributed by atoms with Crippen LogP contribution in [0.2, 0.25) is 0 Å². The normalized spacial score (nSPS) is 31.9. The fraction of sp³-hybridized carbons (Fsp3) is 1.00. The molecule has 0 bridgehead atoms. The maximum Gasteiger partial charge on any atom is 0.222 e. The van der Waals surface area contributed by atoms with Crippen molar-refractivity contribution in [1.29, 1.82) is 0 Å². The van der Waals surface area contributed by atoms with E-state index in [9.17, 15) is 16.8 Å². The van der Waals surface area contributed by atoms with Crippen molar-refractivity contribution in [1.82, 2.24) is 4.72 Å². The van der Waals surface area contributed by atoms with Crippen molar-refractivity contribution in [3.8, 4) is 0 Å². The maximum atomic E-state index is 11.2. The molecule has 0 aromatic heterocycles. The van der Waals surface area contributed by atoms with Crippen LogP contribution < -0.4 is 4.72 Å². The number of hydrogen-bond donors (Lipinski definition) is 1. The molecule has 0 spiro atoms. The molecule has 1 fully saturated rings. The van der Waals surface area contributed by atoms with Crippen LogP contribution in [0, 0.1) is 0 Å². The van der Waals surface area contributed by atoms with E-state index >= 15 is 0 Å². The number of sulfonamides is 1. The highest BCUT2D eigenvalue weighted by Gasteiger charge is 2.40. The summed E-state index contributed by atoms with van der Waals surface area (Å²) in [6, 6.07) is 0. The molecule has 84 valence electrons. The van der Waals surface area contributed by atoms with Gasteiger partial charge in [-0.1, -0.05) is 15.9 Å². The van der Waals surface area contributed by atoms with Gasteiger partial charge in [-0.05, 0) is 13.3 Å². The van der Waals surface area contributed by atoms with Gasteiger partial charge >= 0.3 is 0 Å². The largest absolute Gasteiger partial charge is 0.229 e. The van der Waals surface area contributed by atoms with E-state index in [0.717, 1.165) is 0 Å². The summed E-state index contributed by atoms with van der Waals surface area (Å²) < 4.78 is 47.0. The molecule has 1 atom stereocenters. The van der Waals surface area contributed by atoms with E-state index in [1.54, 1.807) is 6.92 Å². The molecule has 0 aromatic rings. The standard InChI is InChI=1S/C6H12BrNO4S2/c1-6(8-14(11,12)5-7)2-3-13(9,10)4-6/h8H,2-5H2,1H3. The summed E-state index contributed by atoms with van der Waals surface area (Å²) in [4.78, 5) is 0. The molecule has 0 saturated carbocycles. The van der Waals surface area contributed by atoms with E-state index in [1.165, 1.54) is 0 Å². The van der Waals surface area contributed by atoms with Gasteiger partial charge in [0.1, 0.15) is 4.66 Å². The van der Waals surface area contributed by atoms with Crippen LogP contribution in [0.15, 0.2) is 0 Å². The van der Waals surface area contributed by atoms with Gasteiger partial charge in [0.25, 0.3) is 0 Å². The molecule has 0 radical (unpaired) electrons. The SMILES string of the molecule is CC1(NS(=O)(=O)CBr)CCS(=O)(=O)C1. The fourth-order valence-corrected chi connectivity index (χ4v) is 5.00. The Bertz CT molecular complexity index is 415. The highest BCUT2D eigenvalue weighted by molar-refractivity contribution is 9.10. The molecule has 8 heteroatoms. The Morgan fingerprint density at radius 2 is 2.07 bits per heavy atom. The molecule has 1 heterocycles. The van der Waals surface area contributed by atoms with Crippen LogP contribution >= 0.6 is 15.9 Å². The van der Waals surface area contributed by atoms with Crippen molar-refractivity contribution < 1.29 is 16.8 Å². The molecule has 1 aliphatic heterocycles. The third kappa shape index (κ3) is 3.18. The van der Waals surface area contributed by atoms with Crippen molar-refractivity contribution in [3.05, 3.63) is 0 Å².